The fourth-order valence-electron chi connectivity index (χ4n) is 1.81. The Labute approximate surface area is 133 Å². The zero-order valence-corrected chi connectivity index (χ0v) is 13.8. The van der Waals surface area contributed by atoms with Gasteiger partial charge < -0.3 is 4.74 Å². The molecule has 0 radical (unpaired) electrons. The number of benzene rings is 2. The van der Waals surface area contributed by atoms with Gasteiger partial charge in [-0.2, -0.15) is 0 Å². The molecular formula is C15H11Br2FO2. The first-order valence-electron chi connectivity index (χ1n) is 5.95. The minimum Gasteiger partial charge on any atom is -0.493 e. The summed E-state index contributed by atoms with van der Waals surface area (Å²) in [6, 6.07) is 9.53. The molecule has 0 saturated heterocycles. The summed E-state index contributed by atoms with van der Waals surface area (Å²) in [4.78, 5) is 12.6. The summed E-state index contributed by atoms with van der Waals surface area (Å²) in [5.41, 5.74) is 0.332. The molecule has 104 valence electrons. The molecule has 20 heavy (non-hydrogen) atoms. The average Bonchev–Trinajstić information content (AvgIpc) is 2.40. The van der Waals surface area contributed by atoms with Gasteiger partial charge in [-0.3, -0.25) is 4.79 Å². The Morgan fingerprint density at radius 2 is 2.00 bits per heavy atom. The van der Waals surface area contributed by atoms with E-state index in [1.807, 2.05) is 6.92 Å². The molecule has 2 rings (SSSR count). The van der Waals surface area contributed by atoms with Crippen molar-refractivity contribution in [3.63, 3.8) is 0 Å². The molecular weight excluding hydrogens is 391 g/mol. The fraction of sp³-hybridized carbons (Fsp3) is 0.133. The molecule has 5 heteroatoms. The van der Waals surface area contributed by atoms with E-state index in [1.165, 1.54) is 6.07 Å². The van der Waals surface area contributed by atoms with Crippen LogP contribution in [0, 0.1) is 5.82 Å². The molecule has 2 aromatic rings. The van der Waals surface area contributed by atoms with Crippen LogP contribution in [0.25, 0.3) is 0 Å². The van der Waals surface area contributed by atoms with Gasteiger partial charge in [-0.25, -0.2) is 4.39 Å². The quantitative estimate of drug-likeness (QED) is 0.675. The van der Waals surface area contributed by atoms with Crippen LogP contribution in [-0.4, -0.2) is 12.4 Å². The lowest BCUT2D eigenvalue weighted by atomic mass is 10.0. The van der Waals surface area contributed by atoms with Crippen molar-refractivity contribution in [3.05, 3.63) is 62.3 Å². The summed E-state index contributed by atoms with van der Waals surface area (Å²) < 4.78 is 20.5. The Morgan fingerprint density at radius 3 is 2.65 bits per heavy atom. The van der Waals surface area contributed by atoms with E-state index in [4.69, 9.17) is 4.74 Å². The van der Waals surface area contributed by atoms with E-state index in [1.54, 1.807) is 30.3 Å². The number of halogens is 3. The van der Waals surface area contributed by atoms with E-state index in [0.717, 1.165) is 4.47 Å². The van der Waals surface area contributed by atoms with Crippen molar-refractivity contribution in [2.45, 2.75) is 6.92 Å². The maximum atomic E-state index is 13.9. The lowest BCUT2D eigenvalue weighted by Crippen LogP contribution is -2.08. The second kappa shape index (κ2) is 6.50. The fourth-order valence-corrected chi connectivity index (χ4v) is 2.69. The van der Waals surface area contributed by atoms with Gasteiger partial charge in [0.15, 0.2) is 0 Å². The van der Waals surface area contributed by atoms with Crippen molar-refractivity contribution in [1.82, 2.24) is 0 Å². The van der Waals surface area contributed by atoms with Gasteiger partial charge in [0.2, 0.25) is 5.78 Å². The van der Waals surface area contributed by atoms with Gasteiger partial charge in [0.25, 0.3) is 0 Å². The standard InChI is InChI=1S/C15H11Br2FO2/c1-2-20-13-7-6-9(16)8-10(13)15(19)14-11(17)4-3-5-12(14)18/h3-8H,2H2,1H3. The van der Waals surface area contributed by atoms with Gasteiger partial charge in [-0.15, -0.1) is 0 Å². The monoisotopic (exact) mass is 400 g/mol. The van der Waals surface area contributed by atoms with Crippen molar-refractivity contribution in [3.8, 4) is 5.75 Å². The second-order valence-corrected chi connectivity index (χ2v) is 5.77. The zero-order valence-electron chi connectivity index (χ0n) is 10.6. The van der Waals surface area contributed by atoms with Crippen LogP contribution < -0.4 is 4.74 Å². The topological polar surface area (TPSA) is 26.3 Å². The maximum absolute atomic E-state index is 13.9. The maximum Gasteiger partial charge on any atom is 0.200 e. The van der Waals surface area contributed by atoms with Crippen LogP contribution >= 0.6 is 31.9 Å². The predicted octanol–water partition coefficient (Wildman–Crippen LogP) is 4.98. The Balaban J connectivity index is 2.56. The van der Waals surface area contributed by atoms with Crippen LogP contribution in [0.2, 0.25) is 0 Å². The number of rotatable bonds is 4. The van der Waals surface area contributed by atoms with Crippen molar-refractivity contribution in [2.24, 2.45) is 0 Å². The van der Waals surface area contributed by atoms with Gasteiger partial charge in [-0.1, -0.05) is 22.0 Å². The molecule has 0 N–H and O–H groups in total. The Kier molecular flexibility index (Phi) is 4.94. The van der Waals surface area contributed by atoms with E-state index in [9.17, 15) is 9.18 Å². The molecule has 2 aromatic carbocycles. The normalized spacial score (nSPS) is 10.4. The van der Waals surface area contributed by atoms with E-state index < -0.39 is 11.6 Å². The van der Waals surface area contributed by atoms with E-state index in [-0.39, 0.29) is 5.56 Å². The van der Waals surface area contributed by atoms with Gasteiger partial charge in [-0.05, 0) is 53.2 Å². The molecule has 0 fully saturated rings. The number of carbonyl (C=O) groups is 1. The average molecular weight is 402 g/mol. The summed E-state index contributed by atoms with van der Waals surface area (Å²) in [6.07, 6.45) is 0. The second-order valence-electron chi connectivity index (χ2n) is 4.00. The highest BCUT2D eigenvalue weighted by Crippen LogP contribution is 2.29. The smallest absolute Gasteiger partial charge is 0.200 e. The zero-order chi connectivity index (χ0) is 14.7. The van der Waals surface area contributed by atoms with Crippen molar-refractivity contribution < 1.29 is 13.9 Å². The summed E-state index contributed by atoms with van der Waals surface area (Å²) in [5.74, 6) is -0.539. The van der Waals surface area contributed by atoms with Crippen LogP contribution in [0.3, 0.4) is 0 Å². The molecule has 0 aliphatic carbocycles. The first kappa shape index (κ1) is 15.2. The van der Waals surface area contributed by atoms with E-state index in [2.05, 4.69) is 31.9 Å². The number of hydrogen-bond acceptors (Lipinski definition) is 2. The third kappa shape index (κ3) is 3.10. The van der Waals surface area contributed by atoms with Gasteiger partial charge in [0.1, 0.15) is 11.6 Å². The van der Waals surface area contributed by atoms with Crippen LogP contribution in [0.15, 0.2) is 45.3 Å². The number of carbonyl (C=O) groups excluding carboxylic acids is 1. The lowest BCUT2D eigenvalue weighted by Gasteiger charge is -2.11. The highest BCUT2D eigenvalue weighted by molar-refractivity contribution is 9.10. The lowest BCUT2D eigenvalue weighted by molar-refractivity contribution is 0.103. The Hall–Kier alpha value is -1.20. The van der Waals surface area contributed by atoms with Gasteiger partial charge in [0, 0.05) is 8.95 Å². The highest BCUT2D eigenvalue weighted by atomic mass is 79.9. The highest BCUT2D eigenvalue weighted by Gasteiger charge is 2.21. The third-order valence-corrected chi connectivity index (χ3v) is 3.83. The first-order valence-corrected chi connectivity index (χ1v) is 7.54. The number of ketones is 1. The molecule has 0 aromatic heterocycles. The first-order chi connectivity index (χ1) is 9.54. The summed E-state index contributed by atoms with van der Waals surface area (Å²) >= 11 is 6.53. The van der Waals surface area contributed by atoms with Crippen LogP contribution in [0.1, 0.15) is 22.8 Å². The Morgan fingerprint density at radius 1 is 1.25 bits per heavy atom. The molecule has 0 aliphatic heterocycles. The number of hydrogen-bond donors (Lipinski definition) is 0. The minimum absolute atomic E-state index is 0.00607. The predicted molar refractivity (Wildman–Crippen MR) is 82.8 cm³/mol. The Bertz CT molecular complexity index is 636. The van der Waals surface area contributed by atoms with E-state index >= 15 is 0 Å². The third-order valence-electron chi connectivity index (χ3n) is 2.68. The summed E-state index contributed by atoms with van der Waals surface area (Å²) in [6.45, 7) is 2.26. The molecule has 0 bridgehead atoms. The minimum atomic E-state index is -0.563. The molecule has 2 nitrogen and oxygen atoms in total. The molecule has 0 aliphatic rings. The molecule has 0 unspecified atom stereocenters. The molecule has 0 heterocycles. The van der Waals surface area contributed by atoms with Crippen molar-refractivity contribution >= 4 is 37.6 Å². The molecule has 0 atom stereocenters. The van der Waals surface area contributed by atoms with Crippen LogP contribution in [-0.2, 0) is 0 Å². The van der Waals surface area contributed by atoms with Crippen LogP contribution in [0.4, 0.5) is 4.39 Å². The van der Waals surface area contributed by atoms with E-state index in [0.29, 0.717) is 22.4 Å². The van der Waals surface area contributed by atoms with Gasteiger partial charge >= 0.3 is 0 Å². The molecule has 0 saturated carbocycles. The summed E-state index contributed by atoms with van der Waals surface area (Å²) in [5, 5.41) is 0. The SMILES string of the molecule is CCOc1ccc(Br)cc1C(=O)c1c(F)cccc1Br. The van der Waals surface area contributed by atoms with Gasteiger partial charge in [0.05, 0.1) is 17.7 Å². The van der Waals surface area contributed by atoms with Crippen molar-refractivity contribution in [2.75, 3.05) is 6.61 Å². The van der Waals surface area contributed by atoms with Crippen LogP contribution in [0.5, 0.6) is 5.75 Å². The number of ether oxygens (including phenoxy) is 1. The van der Waals surface area contributed by atoms with Crippen molar-refractivity contribution in [1.29, 1.82) is 0 Å². The largest absolute Gasteiger partial charge is 0.493 e. The summed E-state index contributed by atoms with van der Waals surface area (Å²) in [7, 11) is 0. The molecule has 0 spiro atoms. The molecule has 0 amide bonds.